The molecule has 7 nitrogen and oxygen atoms in total. The summed E-state index contributed by atoms with van der Waals surface area (Å²) >= 11 is 0. The van der Waals surface area contributed by atoms with Crippen LogP contribution in [0.4, 0.5) is 17.5 Å². The molecule has 0 saturated carbocycles. The molecule has 1 aliphatic rings. The van der Waals surface area contributed by atoms with E-state index >= 15 is 0 Å². The van der Waals surface area contributed by atoms with E-state index in [2.05, 4.69) is 38.1 Å². The fourth-order valence-corrected chi connectivity index (χ4v) is 3.93. The number of amides is 1. The first kappa shape index (κ1) is 19.1. The van der Waals surface area contributed by atoms with Gasteiger partial charge in [-0.2, -0.15) is 4.98 Å². The molecule has 0 fully saturated rings. The van der Waals surface area contributed by atoms with Crippen molar-refractivity contribution in [1.29, 1.82) is 0 Å². The summed E-state index contributed by atoms with van der Waals surface area (Å²) in [5.74, 6) is 0.779. The van der Waals surface area contributed by atoms with Crippen molar-refractivity contribution >= 4 is 28.9 Å². The molecule has 31 heavy (non-hydrogen) atoms. The van der Waals surface area contributed by atoms with Gasteiger partial charge in [0.05, 0.1) is 11.4 Å². The lowest BCUT2D eigenvalue weighted by Gasteiger charge is -2.21. The summed E-state index contributed by atoms with van der Waals surface area (Å²) in [4.78, 5) is 22.3. The number of pyridine rings is 1. The maximum absolute atomic E-state index is 13.0. The molecule has 4 aromatic rings. The van der Waals surface area contributed by atoms with Gasteiger partial charge in [-0.05, 0) is 49.1 Å². The van der Waals surface area contributed by atoms with Crippen LogP contribution < -0.4 is 16.0 Å². The normalized spacial score (nSPS) is 12.8. The number of hydrogen-bond donors (Lipinski definition) is 3. The lowest BCUT2D eigenvalue weighted by atomic mass is 10.1. The number of rotatable bonds is 5. The number of nitrogens with zero attached hydrogens (tertiary/aromatic N) is 3. The van der Waals surface area contributed by atoms with E-state index in [0.29, 0.717) is 24.0 Å². The van der Waals surface area contributed by atoms with Crippen LogP contribution in [0.15, 0.2) is 60.8 Å². The molecule has 0 radical (unpaired) electrons. The summed E-state index contributed by atoms with van der Waals surface area (Å²) in [6.45, 7) is 3.54. The van der Waals surface area contributed by atoms with Crippen molar-refractivity contribution < 1.29 is 4.79 Å². The minimum atomic E-state index is -0.237. The Morgan fingerprint density at radius 1 is 1.13 bits per heavy atom. The fraction of sp³-hybridized carbons (Fsp3) is 0.208. The summed E-state index contributed by atoms with van der Waals surface area (Å²) in [5.41, 5.74) is 5.62. The molecular weight excluding hydrogens is 388 g/mol. The van der Waals surface area contributed by atoms with Gasteiger partial charge in [0.1, 0.15) is 5.69 Å². The molecule has 156 valence electrons. The number of carbonyl (C=O) groups excluding carboxylic acids is 1. The maximum Gasteiger partial charge on any atom is 0.274 e. The Hall–Kier alpha value is -3.87. The molecule has 0 saturated heterocycles. The predicted molar refractivity (Wildman–Crippen MR) is 123 cm³/mol. The maximum atomic E-state index is 13.0. The third-order valence-electron chi connectivity index (χ3n) is 5.40. The summed E-state index contributed by atoms with van der Waals surface area (Å²) in [5, 5.41) is 9.71. The number of benzene rings is 1. The van der Waals surface area contributed by atoms with Crippen LogP contribution in [0.25, 0.3) is 5.52 Å². The van der Waals surface area contributed by atoms with Crippen LogP contribution in [0.5, 0.6) is 0 Å². The van der Waals surface area contributed by atoms with Crippen molar-refractivity contribution in [3.63, 3.8) is 0 Å². The van der Waals surface area contributed by atoms with E-state index in [-0.39, 0.29) is 5.91 Å². The molecule has 4 heterocycles. The zero-order valence-corrected chi connectivity index (χ0v) is 17.4. The zero-order chi connectivity index (χ0) is 21.2. The van der Waals surface area contributed by atoms with Crippen LogP contribution in [0.1, 0.15) is 33.7 Å². The van der Waals surface area contributed by atoms with E-state index in [1.54, 1.807) is 6.07 Å². The van der Waals surface area contributed by atoms with Crippen LogP contribution in [0.3, 0.4) is 0 Å². The molecule has 0 unspecified atom stereocenters. The van der Waals surface area contributed by atoms with Crippen molar-refractivity contribution in [2.75, 3.05) is 22.5 Å². The average molecular weight is 412 g/mol. The van der Waals surface area contributed by atoms with Crippen LogP contribution in [-0.4, -0.2) is 26.8 Å². The molecule has 0 aliphatic carbocycles. The minimum absolute atomic E-state index is 0.237. The Labute approximate surface area is 180 Å². The largest absolute Gasteiger partial charge is 0.381 e. The number of carbonyl (C=O) groups is 1. The highest BCUT2D eigenvalue weighted by Gasteiger charge is 2.19. The Morgan fingerprint density at radius 3 is 2.87 bits per heavy atom. The highest BCUT2D eigenvalue weighted by Crippen LogP contribution is 2.29. The van der Waals surface area contributed by atoms with Gasteiger partial charge in [0.2, 0.25) is 5.95 Å². The molecule has 5 rings (SSSR count). The van der Waals surface area contributed by atoms with Crippen molar-refractivity contribution in [3.8, 4) is 0 Å². The third kappa shape index (κ3) is 3.94. The van der Waals surface area contributed by atoms with Crippen LogP contribution in [0.2, 0.25) is 0 Å². The molecule has 0 bridgehead atoms. The van der Waals surface area contributed by atoms with E-state index in [9.17, 15) is 4.79 Å². The highest BCUT2D eigenvalue weighted by molar-refractivity contribution is 6.02. The van der Waals surface area contributed by atoms with Crippen LogP contribution >= 0.6 is 0 Å². The van der Waals surface area contributed by atoms with Gasteiger partial charge in [0.15, 0.2) is 5.82 Å². The van der Waals surface area contributed by atoms with E-state index in [4.69, 9.17) is 0 Å². The zero-order valence-electron chi connectivity index (χ0n) is 17.4. The second kappa shape index (κ2) is 8.10. The summed E-state index contributed by atoms with van der Waals surface area (Å²) in [7, 11) is 0. The number of hydrogen-bond acceptors (Lipinski definition) is 5. The summed E-state index contributed by atoms with van der Waals surface area (Å²) < 4.78 is 1.89. The first-order valence-corrected chi connectivity index (χ1v) is 10.5. The Balaban J connectivity index is 1.44. The van der Waals surface area contributed by atoms with Gasteiger partial charge in [-0.25, -0.2) is 4.98 Å². The first-order valence-electron chi connectivity index (χ1n) is 10.5. The van der Waals surface area contributed by atoms with E-state index < -0.39 is 0 Å². The number of aryl methyl sites for hydroxylation is 2. The topological polar surface area (TPSA) is 83.3 Å². The number of aromatic nitrogens is 3. The molecule has 0 atom stereocenters. The number of anilines is 3. The van der Waals surface area contributed by atoms with Crippen LogP contribution in [-0.2, 0) is 13.0 Å². The van der Waals surface area contributed by atoms with Gasteiger partial charge < -0.3 is 15.0 Å². The van der Waals surface area contributed by atoms with Crippen LogP contribution in [0, 0.1) is 6.92 Å². The molecule has 1 aliphatic heterocycles. The second-order valence-electron chi connectivity index (χ2n) is 7.76. The SMILES string of the molecule is Cc1cc2cccc(C(=O)Nc3nc4c(c(NCc5ccccc5)n3)NCCC4)n2c1. The second-order valence-corrected chi connectivity index (χ2v) is 7.76. The van der Waals surface area contributed by atoms with E-state index in [0.717, 1.165) is 47.4 Å². The van der Waals surface area contributed by atoms with Gasteiger partial charge in [-0.1, -0.05) is 36.4 Å². The molecule has 7 heteroatoms. The summed E-state index contributed by atoms with van der Waals surface area (Å²) in [6.07, 6.45) is 3.80. The number of nitrogens with one attached hydrogen (secondary N) is 3. The molecule has 1 aromatic carbocycles. The standard InChI is InChI=1S/C24H24N6O/c1-16-13-18-9-5-11-20(30(18)15-16)23(31)29-24-27-19-10-6-12-25-21(19)22(28-24)26-14-17-7-3-2-4-8-17/h2-5,7-9,11,13,15,25H,6,10,12,14H2,1H3,(H2,26,27,28,29,31). The van der Waals surface area contributed by atoms with Crippen molar-refractivity contribution in [3.05, 3.63) is 83.3 Å². The Kier molecular flexibility index (Phi) is 5.00. The van der Waals surface area contributed by atoms with E-state index in [1.807, 2.05) is 53.9 Å². The molecule has 0 spiro atoms. The quantitative estimate of drug-likeness (QED) is 0.456. The lowest BCUT2D eigenvalue weighted by Crippen LogP contribution is -2.21. The molecule has 1 amide bonds. The first-order chi connectivity index (χ1) is 15.2. The van der Waals surface area contributed by atoms with Gasteiger partial charge in [0.25, 0.3) is 5.91 Å². The minimum Gasteiger partial charge on any atom is -0.381 e. The van der Waals surface area contributed by atoms with Crippen molar-refractivity contribution in [1.82, 2.24) is 14.4 Å². The van der Waals surface area contributed by atoms with Gasteiger partial charge in [-0.3, -0.25) is 10.1 Å². The molecular formula is C24H24N6O. The van der Waals surface area contributed by atoms with Gasteiger partial charge >= 0.3 is 0 Å². The fourth-order valence-electron chi connectivity index (χ4n) is 3.93. The lowest BCUT2D eigenvalue weighted by molar-refractivity contribution is 0.102. The van der Waals surface area contributed by atoms with Crippen molar-refractivity contribution in [2.24, 2.45) is 0 Å². The van der Waals surface area contributed by atoms with Gasteiger partial charge in [-0.15, -0.1) is 0 Å². The smallest absolute Gasteiger partial charge is 0.274 e. The number of fused-ring (bicyclic) bond motifs is 2. The third-order valence-corrected chi connectivity index (χ3v) is 5.40. The van der Waals surface area contributed by atoms with Gasteiger partial charge in [0, 0.05) is 24.8 Å². The Bertz CT molecular complexity index is 1250. The molecule has 3 aromatic heterocycles. The Morgan fingerprint density at radius 2 is 2.00 bits per heavy atom. The summed E-state index contributed by atoms with van der Waals surface area (Å²) in [6, 6.07) is 17.9. The van der Waals surface area contributed by atoms with E-state index in [1.165, 1.54) is 0 Å². The average Bonchev–Trinajstić information content (AvgIpc) is 3.18. The highest BCUT2D eigenvalue weighted by atomic mass is 16.2. The predicted octanol–water partition coefficient (Wildman–Crippen LogP) is 4.26. The monoisotopic (exact) mass is 412 g/mol. The molecule has 3 N–H and O–H groups in total. The van der Waals surface area contributed by atoms with Crippen molar-refractivity contribution in [2.45, 2.75) is 26.3 Å².